The first-order chi connectivity index (χ1) is 8.29. The Hall–Kier alpha value is 0. The molecule has 0 amide bonds. The van der Waals surface area contributed by atoms with Crippen molar-refractivity contribution in [1.82, 2.24) is 0 Å². The van der Waals surface area contributed by atoms with E-state index in [0.717, 1.165) is 11.8 Å². The van der Waals surface area contributed by atoms with Gasteiger partial charge in [0.2, 0.25) is 0 Å². The highest BCUT2D eigenvalue weighted by Crippen LogP contribution is 2.23. The van der Waals surface area contributed by atoms with Crippen molar-refractivity contribution < 1.29 is 0 Å². The van der Waals surface area contributed by atoms with Crippen LogP contribution in [-0.2, 0) is 0 Å². The van der Waals surface area contributed by atoms with Gasteiger partial charge in [-0.25, -0.2) is 0 Å². The molecule has 0 bridgehead atoms. The zero-order valence-electron chi connectivity index (χ0n) is 13.5. The van der Waals surface area contributed by atoms with Crippen molar-refractivity contribution >= 4 is 0 Å². The molecule has 0 aromatic rings. The maximum atomic E-state index is 2.36. The summed E-state index contributed by atoms with van der Waals surface area (Å²) in [5, 5.41) is 0. The van der Waals surface area contributed by atoms with E-state index in [4.69, 9.17) is 0 Å². The van der Waals surface area contributed by atoms with Crippen molar-refractivity contribution in [1.29, 1.82) is 0 Å². The monoisotopic (exact) mass is 242 g/mol. The Kier molecular flexibility index (Phi) is 18.2. The fourth-order valence-corrected chi connectivity index (χ4v) is 2.44. The van der Waals surface area contributed by atoms with Crippen molar-refractivity contribution in [2.75, 3.05) is 0 Å². The van der Waals surface area contributed by atoms with Gasteiger partial charge in [-0.05, 0) is 11.8 Å². The largest absolute Gasteiger partial charge is 0.0683 e. The second kappa shape index (κ2) is 16.0. The van der Waals surface area contributed by atoms with Gasteiger partial charge in [0.15, 0.2) is 0 Å². The Bertz CT molecular complexity index is 105. The van der Waals surface area contributed by atoms with Gasteiger partial charge in [-0.2, -0.15) is 0 Å². The van der Waals surface area contributed by atoms with Crippen molar-refractivity contribution in [3.05, 3.63) is 0 Å². The van der Waals surface area contributed by atoms with Crippen LogP contribution in [0.25, 0.3) is 0 Å². The normalized spacial score (nSPS) is 20.1. The average Bonchev–Trinajstić information content (AvgIpc) is 2.87. The lowest BCUT2D eigenvalue weighted by atomic mass is 9.91. The third kappa shape index (κ3) is 13.9. The van der Waals surface area contributed by atoms with E-state index < -0.39 is 0 Å². The Morgan fingerprint density at radius 3 is 0.824 bits per heavy atom. The molecule has 0 aromatic carbocycles. The van der Waals surface area contributed by atoms with Crippen molar-refractivity contribution in [2.24, 2.45) is 11.8 Å². The Balaban J connectivity index is 0. The van der Waals surface area contributed by atoms with Gasteiger partial charge in [0.1, 0.15) is 0 Å². The lowest BCUT2D eigenvalue weighted by Crippen LogP contribution is -1.99. The second-order valence-electron chi connectivity index (χ2n) is 5.13. The molecule has 2 aliphatic carbocycles. The summed E-state index contributed by atoms with van der Waals surface area (Å²) in [4.78, 5) is 0. The fraction of sp³-hybridized carbons (Fsp3) is 1.00. The van der Waals surface area contributed by atoms with Gasteiger partial charge in [-0.15, -0.1) is 0 Å². The van der Waals surface area contributed by atoms with Crippen molar-refractivity contribution in [2.45, 2.75) is 99.3 Å². The zero-order chi connectivity index (χ0) is 13.5. The molecule has 0 heteroatoms. The molecule has 0 aliphatic heterocycles. The molecule has 2 saturated carbocycles. The topological polar surface area (TPSA) is 0 Å². The molecule has 0 N–H and O–H groups in total. The summed E-state index contributed by atoms with van der Waals surface area (Å²) in [5.74, 6) is 2.08. The van der Waals surface area contributed by atoms with Crippen LogP contribution in [0.1, 0.15) is 99.3 Å². The van der Waals surface area contributed by atoms with Crippen molar-refractivity contribution in [3.63, 3.8) is 0 Å². The third-order valence-corrected chi connectivity index (χ3v) is 3.54. The summed E-state index contributed by atoms with van der Waals surface area (Å²) in [6.07, 6.45) is 13.4. The zero-order valence-corrected chi connectivity index (χ0v) is 13.5. The molecule has 0 radical (unpaired) electrons. The molecule has 0 heterocycles. The number of rotatable bonds is 0. The molecule has 17 heavy (non-hydrogen) atoms. The van der Waals surface area contributed by atoms with Gasteiger partial charge in [0, 0.05) is 0 Å². The van der Waals surface area contributed by atoms with Crippen LogP contribution in [-0.4, -0.2) is 0 Å². The number of hydrogen-bond donors (Lipinski definition) is 0. The van der Waals surface area contributed by atoms with E-state index in [1.165, 1.54) is 57.8 Å². The smallest absolute Gasteiger partial charge is 0.0443 e. The van der Waals surface area contributed by atoms with E-state index in [1.54, 1.807) is 0 Å². The van der Waals surface area contributed by atoms with Crippen LogP contribution in [0.5, 0.6) is 0 Å². The Labute approximate surface area is 112 Å². The fourth-order valence-electron chi connectivity index (χ4n) is 2.44. The highest BCUT2D eigenvalue weighted by atomic mass is 14.1. The predicted octanol–water partition coefficient (Wildman–Crippen LogP) is 6.84. The first kappa shape index (κ1) is 19.3. The summed E-state index contributed by atoms with van der Waals surface area (Å²) in [6, 6.07) is 0. The second-order valence-corrected chi connectivity index (χ2v) is 5.13. The lowest BCUT2D eigenvalue weighted by molar-refractivity contribution is 0.385. The molecule has 0 spiro atoms. The van der Waals surface area contributed by atoms with E-state index in [-0.39, 0.29) is 0 Å². The summed E-state index contributed by atoms with van der Waals surface area (Å²) >= 11 is 0. The van der Waals surface area contributed by atoms with Crippen LogP contribution in [0, 0.1) is 11.8 Å². The first-order valence-electron chi connectivity index (χ1n) is 8.29. The van der Waals surface area contributed by atoms with Crippen LogP contribution in [0.4, 0.5) is 0 Å². The molecule has 0 unspecified atom stereocenters. The highest BCUT2D eigenvalue weighted by Gasteiger charge is 2.07. The molecule has 2 fully saturated rings. The lowest BCUT2D eigenvalue weighted by Gasteiger charge is -2.15. The molecular weight excluding hydrogens is 204 g/mol. The van der Waals surface area contributed by atoms with Gasteiger partial charge in [0.25, 0.3) is 0 Å². The molecule has 2 aliphatic rings. The van der Waals surface area contributed by atoms with Gasteiger partial charge < -0.3 is 0 Å². The minimum Gasteiger partial charge on any atom is -0.0683 e. The maximum absolute atomic E-state index is 2.36. The van der Waals surface area contributed by atoms with Gasteiger partial charge in [-0.3, -0.25) is 0 Å². The van der Waals surface area contributed by atoms with Gasteiger partial charge >= 0.3 is 0 Å². The highest BCUT2D eigenvalue weighted by molar-refractivity contribution is 4.60. The van der Waals surface area contributed by atoms with Gasteiger partial charge in [0.05, 0.1) is 0 Å². The minimum atomic E-state index is 1.04. The van der Waals surface area contributed by atoms with Crippen LogP contribution in [0.2, 0.25) is 0 Å². The van der Waals surface area contributed by atoms with E-state index in [1.807, 2.05) is 27.7 Å². The summed E-state index contributed by atoms with van der Waals surface area (Å²) < 4.78 is 0. The van der Waals surface area contributed by atoms with Crippen LogP contribution < -0.4 is 0 Å². The van der Waals surface area contributed by atoms with Crippen LogP contribution in [0.3, 0.4) is 0 Å². The predicted molar refractivity (Wildman–Crippen MR) is 82.6 cm³/mol. The summed E-state index contributed by atoms with van der Waals surface area (Å²) in [6.45, 7) is 12.7. The maximum Gasteiger partial charge on any atom is -0.0443 e. The minimum absolute atomic E-state index is 1.04. The molecule has 0 atom stereocenters. The van der Waals surface area contributed by atoms with E-state index in [2.05, 4.69) is 13.8 Å². The molecule has 0 saturated heterocycles. The van der Waals surface area contributed by atoms with Crippen molar-refractivity contribution in [3.8, 4) is 0 Å². The quantitative estimate of drug-likeness (QED) is 0.436. The van der Waals surface area contributed by atoms with Crippen LogP contribution in [0.15, 0.2) is 0 Å². The molecule has 2 rings (SSSR count). The molecule has 0 aromatic heterocycles. The molecule has 106 valence electrons. The van der Waals surface area contributed by atoms with Crippen LogP contribution >= 0.6 is 0 Å². The Morgan fingerprint density at radius 1 is 0.471 bits per heavy atom. The molecular formula is C17H38. The Morgan fingerprint density at radius 2 is 0.706 bits per heavy atom. The average molecular weight is 242 g/mol. The van der Waals surface area contributed by atoms with E-state index in [9.17, 15) is 0 Å². The third-order valence-electron chi connectivity index (χ3n) is 3.54. The van der Waals surface area contributed by atoms with E-state index in [0.29, 0.717) is 0 Å². The summed E-state index contributed by atoms with van der Waals surface area (Å²) in [7, 11) is 0. The first-order valence-corrected chi connectivity index (χ1v) is 8.29. The summed E-state index contributed by atoms with van der Waals surface area (Å²) in [5.41, 5.74) is 0. The molecule has 0 nitrogen and oxygen atoms in total. The SMILES string of the molecule is CC.CC.CC1CCCC1.CC1CCCCC1. The number of hydrogen-bond acceptors (Lipinski definition) is 0. The van der Waals surface area contributed by atoms with E-state index >= 15 is 0 Å². The van der Waals surface area contributed by atoms with Gasteiger partial charge in [-0.1, -0.05) is 99.3 Å². The standard InChI is InChI=1S/C7H14.C6H12.2C2H6/c1-7-5-3-2-4-6-7;1-6-4-2-3-5-6;2*1-2/h7H,2-6H2,1H3;6H,2-5H2,1H3;2*1-2H3.